The number of carboxylic acid groups (broad SMARTS) is 1. The molecular formula is C9H9ClO2S. The number of halogens is 1. The van der Waals surface area contributed by atoms with E-state index in [9.17, 15) is 4.79 Å². The normalized spacial score (nSPS) is 14.9. The number of carboxylic acids is 1. The van der Waals surface area contributed by atoms with Crippen LogP contribution in [0.4, 0.5) is 0 Å². The molecular weight excluding hydrogens is 208 g/mol. The van der Waals surface area contributed by atoms with Crippen LogP contribution < -0.4 is 0 Å². The zero-order valence-corrected chi connectivity index (χ0v) is 8.42. The second kappa shape index (κ2) is 4.03. The van der Waals surface area contributed by atoms with Crippen LogP contribution in [0.1, 0.15) is 5.56 Å². The summed E-state index contributed by atoms with van der Waals surface area (Å²) < 4.78 is 0. The molecule has 0 aliphatic carbocycles. The van der Waals surface area contributed by atoms with Gasteiger partial charge in [-0.15, -0.1) is 11.6 Å². The Balaban J connectivity index is 3.11. The van der Waals surface area contributed by atoms with Crippen LogP contribution in [0, 0.1) is 0 Å². The highest BCUT2D eigenvalue weighted by Crippen LogP contribution is 2.30. The number of carbonyl (C=O) groups is 1. The maximum atomic E-state index is 10.9. The first kappa shape index (κ1) is 10.4. The van der Waals surface area contributed by atoms with Gasteiger partial charge in [0.25, 0.3) is 0 Å². The van der Waals surface area contributed by atoms with Gasteiger partial charge in [-0.25, -0.2) is 4.79 Å². The molecule has 13 heavy (non-hydrogen) atoms. The highest BCUT2D eigenvalue weighted by molar-refractivity contribution is 7.80. The minimum atomic E-state index is -1.41. The van der Waals surface area contributed by atoms with Crippen molar-refractivity contribution >= 4 is 30.2 Å². The zero-order valence-electron chi connectivity index (χ0n) is 6.77. The third kappa shape index (κ3) is 1.98. The van der Waals surface area contributed by atoms with Gasteiger partial charge in [0.1, 0.15) is 0 Å². The quantitative estimate of drug-likeness (QED) is 0.600. The van der Waals surface area contributed by atoms with Crippen molar-refractivity contribution in [1.29, 1.82) is 0 Å². The Bertz CT molecular complexity index is 302. The van der Waals surface area contributed by atoms with E-state index in [-0.39, 0.29) is 5.75 Å². The maximum absolute atomic E-state index is 10.9. The fourth-order valence-corrected chi connectivity index (χ4v) is 1.43. The summed E-state index contributed by atoms with van der Waals surface area (Å²) in [5.41, 5.74) is 0.555. The molecule has 0 aromatic heterocycles. The lowest BCUT2D eigenvalue weighted by atomic mass is 10.0. The molecule has 70 valence electrons. The fourth-order valence-electron chi connectivity index (χ4n) is 0.985. The minimum Gasteiger partial charge on any atom is -0.480 e. The molecule has 0 spiro atoms. The monoisotopic (exact) mass is 216 g/mol. The van der Waals surface area contributed by atoms with Crippen LogP contribution >= 0.6 is 24.2 Å². The summed E-state index contributed by atoms with van der Waals surface area (Å²) in [5, 5.41) is 8.91. The lowest BCUT2D eigenvalue weighted by molar-refractivity contribution is -0.139. The van der Waals surface area contributed by atoms with Crippen molar-refractivity contribution < 1.29 is 9.90 Å². The number of aliphatic carboxylic acids is 1. The second-order valence-electron chi connectivity index (χ2n) is 2.63. The lowest BCUT2D eigenvalue weighted by Gasteiger charge is -2.19. The average Bonchev–Trinajstić information content (AvgIpc) is 2.17. The van der Waals surface area contributed by atoms with E-state index in [1.165, 1.54) is 0 Å². The Hall–Kier alpha value is -0.670. The zero-order chi connectivity index (χ0) is 9.90. The summed E-state index contributed by atoms with van der Waals surface area (Å²) in [6, 6.07) is 8.66. The van der Waals surface area contributed by atoms with E-state index in [2.05, 4.69) is 12.6 Å². The van der Waals surface area contributed by atoms with Crippen molar-refractivity contribution in [2.75, 3.05) is 5.75 Å². The van der Waals surface area contributed by atoms with Gasteiger partial charge >= 0.3 is 5.97 Å². The van der Waals surface area contributed by atoms with Crippen LogP contribution in [0.3, 0.4) is 0 Å². The Morgan fingerprint density at radius 1 is 1.46 bits per heavy atom. The van der Waals surface area contributed by atoms with Crippen molar-refractivity contribution in [3.8, 4) is 0 Å². The summed E-state index contributed by atoms with van der Waals surface area (Å²) in [6.45, 7) is 0. The van der Waals surface area contributed by atoms with Gasteiger partial charge in [-0.1, -0.05) is 30.3 Å². The molecule has 0 bridgehead atoms. The molecule has 4 heteroatoms. The number of hydrogen-bond donors (Lipinski definition) is 2. The molecule has 0 aliphatic rings. The predicted octanol–water partition coefficient (Wildman–Crippen LogP) is 2.14. The standard InChI is InChI=1S/C9H9ClO2S/c10-9(6-13,8(11)12)7-4-2-1-3-5-7/h1-5,13H,6H2,(H,11,12). The average molecular weight is 217 g/mol. The van der Waals surface area contributed by atoms with E-state index in [0.29, 0.717) is 5.56 Å². The summed E-state index contributed by atoms with van der Waals surface area (Å²) in [4.78, 5) is 9.46. The maximum Gasteiger partial charge on any atom is 0.330 e. The SMILES string of the molecule is O=C(O)C(Cl)(CS)c1ccccc1. The van der Waals surface area contributed by atoms with Gasteiger partial charge in [-0.3, -0.25) is 0 Å². The van der Waals surface area contributed by atoms with Gasteiger partial charge in [-0.2, -0.15) is 12.6 Å². The molecule has 1 aromatic rings. The van der Waals surface area contributed by atoms with Gasteiger partial charge in [0.15, 0.2) is 4.87 Å². The van der Waals surface area contributed by atoms with Gasteiger partial charge in [0.05, 0.1) is 0 Å². The highest BCUT2D eigenvalue weighted by Gasteiger charge is 2.36. The molecule has 1 unspecified atom stereocenters. The van der Waals surface area contributed by atoms with Gasteiger partial charge in [-0.05, 0) is 5.56 Å². The van der Waals surface area contributed by atoms with E-state index >= 15 is 0 Å². The summed E-state index contributed by atoms with van der Waals surface area (Å²) in [5.74, 6) is -1.01. The molecule has 1 atom stereocenters. The van der Waals surface area contributed by atoms with E-state index in [0.717, 1.165) is 0 Å². The lowest BCUT2D eigenvalue weighted by Crippen LogP contribution is -2.31. The topological polar surface area (TPSA) is 37.3 Å². The Morgan fingerprint density at radius 3 is 2.38 bits per heavy atom. The molecule has 1 aromatic carbocycles. The summed E-state index contributed by atoms with van der Waals surface area (Å²) >= 11 is 9.85. The van der Waals surface area contributed by atoms with Gasteiger partial charge < -0.3 is 5.11 Å². The van der Waals surface area contributed by atoms with E-state index in [1.54, 1.807) is 30.3 Å². The van der Waals surface area contributed by atoms with Crippen LogP contribution in [0.2, 0.25) is 0 Å². The van der Waals surface area contributed by atoms with Crippen LogP contribution in [-0.4, -0.2) is 16.8 Å². The largest absolute Gasteiger partial charge is 0.480 e. The molecule has 0 saturated carbocycles. The van der Waals surface area contributed by atoms with Crippen LogP contribution in [0.15, 0.2) is 30.3 Å². The van der Waals surface area contributed by atoms with Crippen molar-refractivity contribution in [3.63, 3.8) is 0 Å². The highest BCUT2D eigenvalue weighted by atomic mass is 35.5. The molecule has 0 saturated heterocycles. The Kier molecular flexibility index (Phi) is 3.22. The van der Waals surface area contributed by atoms with Crippen molar-refractivity contribution in [2.24, 2.45) is 0 Å². The molecule has 0 amide bonds. The number of benzene rings is 1. The van der Waals surface area contributed by atoms with Crippen molar-refractivity contribution in [1.82, 2.24) is 0 Å². The van der Waals surface area contributed by atoms with E-state index in [4.69, 9.17) is 16.7 Å². The van der Waals surface area contributed by atoms with Crippen molar-refractivity contribution in [2.45, 2.75) is 4.87 Å². The molecule has 1 N–H and O–H groups in total. The molecule has 2 nitrogen and oxygen atoms in total. The first-order chi connectivity index (χ1) is 6.11. The molecule has 0 radical (unpaired) electrons. The number of alkyl halides is 1. The van der Waals surface area contributed by atoms with Gasteiger partial charge in [0, 0.05) is 5.75 Å². The third-order valence-electron chi connectivity index (χ3n) is 1.79. The number of rotatable bonds is 3. The minimum absolute atomic E-state index is 0.0634. The fraction of sp³-hybridized carbons (Fsp3) is 0.222. The third-order valence-corrected chi connectivity index (χ3v) is 2.96. The number of thiol groups is 1. The molecule has 0 aliphatic heterocycles. The Labute approximate surface area is 86.9 Å². The second-order valence-corrected chi connectivity index (χ2v) is 3.59. The van der Waals surface area contributed by atoms with Crippen LogP contribution in [0.25, 0.3) is 0 Å². The first-order valence-corrected chi connectivity index (χ1v) is 4.71. The number of hydrogen-bond acceptors (Lipinski definition) is 2. The van der Waals surface area contributed by atoms with Gasteiger partial charge in [0.2, 0.25) is 0 Å². The van der Waals surface area contributed by atoms with Crippen LogP contribution in [-0.2, 0) is 9.67 Å². The van der Waals surface area contributed by atoms with Crippen molar-refractivity contribution in [3.05, 3.63) is 35.9 Å². The molecule has 0 fully saturated rings. The molecule has 0 heterocycles. The smallest absolute Gasteiger partial charge is 0.330 e. The molecule has 1 rings (SSSR count). The first-order valence-electron chi connectivity index (χ1n) is 3.70. The predicted molar refractivity (Wildman–Crippen MR) is 55.5 cm³/mol. The van der Waals surface area contributed by atoms with Crippen LogP contribution in [0.5, 0.6) is 0 Å². The van der Waals surface area contributed by atoms with E-state index < -0.39 is 10.8 Å². The van der Waals surface area contributed by atoms with E-state index in [1.807, 2.05) is 0 Å². The Morgan fingerprint density at radius 2 is 2.00 bits per heavy atom. The summed E-state index contributed by atoms with van der Waals surface area (Å²) in [6.07, 6.45) is 0. The summed E-state index contributed by atoms with van der Waals surface area (Å²) in [7, 11) is 0.